The zero-order valence-electron chi connectivity index (χ0n) is 17.3. The van der Waals surface area contributed by atoms with Crippen molar-refractivity contribution >= 4 is 0 Å². The molecule has 30 heavy (non-hydrogen) atoms. The van der Waals surface area contributed by atoms with Gasteiger partial charge in [-0.3, -0.25) is 4.90 Å². The number of nitrogens with zero attached hydrogens (tertiary/aromatic N) is 1. The van der Waals surface area contributed by atoms with E-state index in [0.717, 1.165) is 18.7 Å². The van der Waals surface area contributed by atoms with Crippen molar-refractivity contribution in [3.63, 3.8) is 0 Å². The number of benzene rings is 2. The second-order valence-corrected chi connectivity index (χ2v) is 8.72. The molecule has 4 aliphatic rings. The van der Waals surface area contributed by atoms with Gasteiger partial charge < -0.3 is 19.3 Å². The highest BCUT2D eigenvalue weighted by Gasteiger charge is 2.68. The maximum absolute atomic E-state index is 11.2. The fraction of sp³-hybridized carbons (Fsp3) is 0.440. The molecule has 3 aliphatic heterocycles. The van der Waals surface area contributed by atoms with E-state index in [1.807, 2.05) is 12.1 Å². The Morgan fingerprint density at radius 2 is 1.67 bits per heavy atom. The number of hydrogen-bond donors (Lipinski definition) is 1. The van der Waals surface area contributed by atoms with Crippen LogP contribution in [0.15, 0.2) is 72.8 Å². The van der Waals surface area contributed by atoms with E-state index in [1.165, 1.54) is 11.1 Å². The second-order valence-electron chi connectivity index (χ2n) is 8.72. The van der Waals surface area contributed by atoms with Crippen LogP contribution >= 0.6 is 0 Å². The molecule has 6 atom stereocenters. The van der Waals surface area contributed by atoms with Gasteiger partial charge in [0, 0.05) is 32.7 Å². The highest BCUT2D eigenvalue weighted by atomic mass is 16.8. The monoisotopic (exact) mass is 407 g/mol. The van der Waals surface area contributed by atoms with Crippen LogP contribution in [0.3, 0.4) is 0 Å². The lowest BCUT2D eigenvalue weighted by molar-refractivity contribution is -0.375. The number of aliphatic hydroxyl groups is 1. The van der Waals surface area contributed by atoms with Crippen molar-refractivity contribution < 1.29 is 19.3 Å². The van der Waals surface area contributed by atoms with Crippen molar-refractivity contribution in [2.75, 3.05) is 13.7 Å². The van der Waals surface area contributed by atoms with Gasteiger partial charge in [0.2, 0.25) is 0 Å². The van der Waals surface area contributed by atoms with E-state index in [-0.39, 0.29) is 18.1 Å². The summed E-state index contributed by atoms with van der Waals surface area (Å²) in [6, 6.07) is 20.9. The van der Waals surface area contributed by atoms with E-state index < -0.39 is 18.0 Å². The second kappa shape index (κ2) is 7.91. The molecule has 5 nitrogen and oxygen atoms in total. The quantitative estimate of drug-likeness (QED) is 0.714. The lowest BCUT2D eigenvalue weighted by Gasteiger charge is -2.55. The topological polar surface area (TPSA) is 51.2 Å². The summed E-state index contributed by atoms with van der Waals surface area (Å²) < 4.78 is 18.1. The van der Waals surface area contributed by atoms with Gasteiger partial charge in [0.05, 0.1) is 6.10 Å². The zero-order chi connectivity index (χ0) is 20.7. The van der Waals surface area contributed by atoms with E-state index in [2.05, 4.69) is 60.0 Å². The van der Waals surface area contributed by atoms with Crippen LogP contribution in [0.2, 0.25) is 0 Å². The van der Waals surface area contributed by atoms with Crippen LogP contribution in [-0.4, -0.2) is 47.9 Å². The lowest BCUT2D eigenvalue weighted by Crippen LogP contribution is -2.66. The first kappa shape index (κ1) is 19.9. The Balaban J connectivity index is 1.46. The summed E-state index contributed by atoms with van der Waals surface area (Å²) in [4.78, 5) is 2.37. The standard InChI is InChI=1S/C25H29NO4/c1-17-20-13-21(27)25(22(20)24(28-2)29-23(17)30-25)16-26(14-18-9-5-3-6-10-18)15-19-11-7-4-8-12-19/h3-12,20-24,27H,1,13-16H2,2H3/t20?,21-,22?,23?,24?,25?/m1/s1. The molecule has 5 heteroatoms. The Bertz CT molecular complexity index is 847. The van der Waals surface area contributed by atoms with Gasteiger partial charge in [0.15, 0.2) is 12.6 Å². The highest BCUT2D eigenvalue weighted by Crippen LogP contribution is 2.58. The number of rotatable bonds is 7. The first-order chi connectivity index (χ1) is 14.6. The maximum atomic E-state index is 11.2. The SMILES string of the molecule is C=C1C2OC(OC)C3C1C[C@@H](O)C3(CN(Cc1ccccc1)Cc1ccccc1)O2. The molecule has 1 N–H and O–H groups in total. The highest BCUT2D eigenvalue weighted by molar-refractivity contribution is 5.26. The van der Waals surface area contributed by atoms with Crippen LogP contribution in [-0.2, 0) is 27.3 Å². The van der Waals surface area contributed by atoms with Crippen LogP contribution in [0, 0.1) is 11.8 Å². The minimum atomic E-state index is -0.723. The van der Waals surface area contributed by atoms with Crippen molar-refractivity contribution in [1.82, 2.24) is 4.90 Å². The summed E-state index contributed by atoms with van der Waals surface area (Å²) in [6.07, 6.45) is -0.831. The predicted octanol–water partition coefficient (Wildman–Crippen LogP) is 3.34. The average molecular weight is 408 g/mol. The molecule has 4 bridgehead atoms. The lowest BCUT2D eigenvalue weighted by atomic mass is 9.76. The van der Waals surface area contributed by atoms with Crippen LogP contribution in [0.4, 0.5) is 0 Å². The molecule has 1 aliphatic carbocycles. The number of ether oxygens (including phenoxy) is 3. The normalized spacial score (nSPS) is 34.6. The molecule has 3 heterocycles. The molecule has 0 radical (unpaired) electrons. The predicted molar refractivity (Wildman–Crippen MR) is 113 cm³/mol. The third-order valence-corrected chi connectivity index (χ3v) is 6.90. The molecule has 1 saturated carbocycles. The third-order valence-electron chi connectivity index (χ3n) is 6.90. The minimum absolute atomic E-state index is 0.0657. The zero-order valence-corrected chi connectivity index (χ0v) is 17.3. The number of methoxy groups -OCH3 is 1. The van der Waals surface area contributed by atoms with Crippen LogP contribution in [0.1, 0.15) is 17.5 Å². The minimum Gasteiger partial charge on any atom is -0.390 e. The van der Waals surface area contributed by atoms with E-state index >= 15 is 0 Å². The van der Waals surface area contributed by atoms with Gasteiger partial charge in [0.25, 0.3) is 0 Å². The number of aliphatic hydroxyl groups excluding tert-OH is 1. The van der Waals surface area contributed by atoms with Gasteiger partial charge in [-0.1, -0.05) is 67.2 Å². The van der Waals surface area contributed by atoms with Gasteiger partial charge in [-0.25, -0.2) is 0 Å². The first-order valence-electron chi connectivity index (χ1n) is 10.6. The third kappa shape index (κ3) is 3.31. The van der Waals surface area contributed by atoms with Gasteiger partial charge in [-0.2, -0.15) is 0 Å². The van der Waals surface area contributed by atoms with Crippen molar-refractivity contribution in [1.29, 1.82) is 0 Å². The summed E-state index contributed by atoms with van der Waals surface area (Å²) in [5.74, 6) is 0.0943. The van der Waals surface area contributed by atoms with E-state index in [1.54, 1.807) is 7.11 Å². The van der Waals surface area contributed by atoms with Crippen molar-refractivity contribution in [2.45, 2.75) is 43.8 Å². The fourth-order valence-electron chi connectivity index (χ4n) is 5.53. The van der Waals surface area contributed by atoms with E-state index in [9.17, 15) is 5.11 Å². The van der Waals surface area contributed by atoms with Crippen LogP contribution < -0.4 is 0 Å². The molecule has 2 aromatic rings. The van der Waals surface area contributed by atoms with Gasteiger partial charge in [0.1, 0.15) is 5.60 Å². The molecule has 4 fully saturated rings. The number of fused-ring (bicyclic) bond motifs is 1. The molecule has 0 amide bonds. The molecule has 6 rings (SSSR count). The number of hydrogen-bond acceptors (Lipinski definition) is 5. The Kier molecular flexibility index (Phi) is 5.25. The summed E-state index contributed by atoms with van der Waals surface area (Å²) in [5.41, 5.74) is 2.68. The Morgan fingerprint density at radius 3 is 2.23 bits per heavy atom. The van der Waals surface area contributed by atoms with Crippen molar-refractivity contribution in [3.05, 3.63) is 83.9 Å². The fourth-order valence-corrected chi connectivity index (χ4v) is 5.53. The first-order valence-corrected chi connectivity index (χ1v) is 10.6. The summed E-state index contributed by atoms with van der Waals surface area (Å²) >= 11 is 0. The largest absolute Gasteiger partial charge is 0.390 e. The van der Waals surface area contributed by atoms with E-state index in [0.29, 0.717) is 13.0 Å². The Morgan fingerprint density at radius 1 is 1.07 bits per heavy atom. The molecule has 0 spiro atoms. The van der Waals surface area contributed by atoms with Crippen molar-refractivity contribution in [3.8, 4) is 0 Å². The molecular weight excluding hydrogens is 378 g/mol. The Labute approximate surface area is 177 Å². The molecule has 2 aromatic carbocycles. The van der Waals surface area contributed by atoms with Crippen molar-refractivity contribution in [2.24, 2.45) is 11.8 Å². The summed E-state index contributed by atoms with van der Waals surface area (Å²) in [5, 5.41) is 11.2. The van der Waals surface area contributed by atoms with Gasteiger partial charge >= 0.3 is 0 Å². The average Bonchev–Trinajstić information content (AvgIpc) is 3.01. The smallest absolute Gasteiger partial charge is 0.183 e. The van der Waals surface area contributed by atoms with E-state index in [4.69, 9.17) is 14.2 Å². The van der Waals surface area contributed by atoms with Gasteiger partial charge in [-0.05, 0) is 29.0 Å². The molecule has 158 valence electrons. The van der Waals surface area contributed by atoms with Crippen LogP contribution in [0.25, 0.3) is 0 Å². The molecule has 3 saturated heterocycles. The summed E-state index contributed by atoms with van der Waals surface area (Å²) in [7, 11) is 1.67. The molecule has 0 aromatic heterocycles. The maximum Gasteiger partial charge on any atom is 0.183 e. The molecular formula is C25H29NO4. The van der Waals surface area contributed by atoms with Gasteiger partial charge in [-0.15, -0.1) is 0 Å². The Hall–Kier alpha value is -2.02. The van der Waals surface area contributed by atoms with Crippen LogP contribution in [0.5, 0.6) is 0 Å². The molecule has 5 unspecified atom stereocenters. The summed E-state index contributed by atoms with van der Waals surface area (Å²) in [6.45, 7) is 6.34.